The first-order valence-electron chi connectivity index (χ1n) is 8.76. The van der Waals surface area contributed by atoms with Gasteiger partial charge >= 0.3 is 0 Å². The van der Waals surface area contributed by atoms with Gasteiger partial charge in [-0.05, 0) is 50.8 Å². The third-order valence-corrected chi connectivity index (χ3v) is 4.78. The molecule has 1 aliphatic carbocycles. The van der Waals surface area contributed by atoms with Crippen LogP contribution >= 0.6 is 0 Å². The predicted molar refractivity (Wildman–Crippen MR) is 93.3 cm³/mol. The Labute approximate surface area is 139 Å². The van der Waals surface area contributed by atoms with Gasteiger partial charge in [-0.25, -0.2) is 0 Å². The molecule has 3 N–H and O–H groups in total. The molecule has 4 heteroatoms. The van der Waals surface area contributed by atoms with E-state index in [1.54, 1.807) is 0 Å². The molecule has 23 heavy (non-hydrogen) atoms. The highest BCUT2D eigenvalue weighted by molar-refractivity contribution is 5.80. The molecule has 0 bridgehead atoms. The number of nitrogens with two attached hydrogens (primary N) is 1. The number of carbonyl (C=O) groups excluding carboxylic acids is 1. The Hall–Kier alpha value is -1.55. The van der Waals surface area contributed by atoms with Gasteiger partial charge in [0.1, 0.15) is 5.75 Å². The maximum Gasteiger partial charge on any atom is 0.225 e. The Bertz CT molecular complexity index is 511. The van der Waals surface area contributed by atoms with Crippen LogP contribution in [0.5, 0.6) is 5.75 Å². The van der Waals surface area contributed by atoms with Crippen molar-refractivity contribution in [3.8, 4) is 5.75 Å². The smallest absolute Gasteiger partial charge is 0.225 e. The number of carbonyl (C=O) groups is 1. The molecule has 1 amide bonds. The van der Waals surface area contributed by atoms with Crippen molar-refractivity contribution in [1.82, 2.24) is 5.32 Å². The van der Waals surface area contributed by atoms with Gasteiger partial charge in [0.15, 0.2) is 0 Å². The van der Waals surface area contributed by atoms with Crippen molar-refractivity contribution in [3.05, 3.63) is 29.8 Å². The van der Waals surface area contributed by atoms with E-state index in [2.05, 4.69) is 12.2 Å². The Balaban J connectivity index is 1.95. The van der Waals surface area contributed by atoms with Crippen LogP contribution in [0.25, 0.3) is 0 Å². The Morgan fingerprint density at radius 2 is 2.09 bits per heavy atom. The van der Waals surface area contributed by atoms with Crippen LogP contribution in [0.2, 0.25) is 0 Å². The molecule has 0 aromatic heterocycles. The standard InChI is InChI=1S/C19H30N2O2/c1-4-13-23-16-10-8-15(9-11-16)14(2)21-18(22)17-7-5-6-12-19(17,3)20/h8-11,14,17H,4-7,12-13,20H2,1-3H3,(H,21,22). The van der Waals surface area contributed by atoms with Gasteiger partial charge in [-0.3, -0.25) is 4.79 Å². The van der Waals surface area contributed by atoms with E-state index in [1.807, 2.05) is 38.1 Å². The summed E-state index contributed by atoms with van der Waals surface area (Å²) in [6.07, 6.45) is 5.00. The summed E-state index contributed by atoms with van der Waals surface area (Å²) >= 11 is 0. The zero-order valence-electron chi connectivity index (χ0n) is 14.6. The molecule has 0 spiro atoms. The lowest BCUT2D eigenvalue weighted by molar-refractivity contribution is -0.128. The molecule has 0 saturated heterocycles. The first kappa shape index (κ1) is 17.8. The van der Waals surface area contributed by atoms with E-state index < -0.39 is 0 Å². The lowest BCUT2D eigenvalue weighted by Gasteiger charge is -2.37. The van der Waals surface area contributed by atoms with Crippen molar-refractivity contribution < 1.29 is 9.53 Å². The molecule has 1 aliphatic rings. The summed E-state index contributed by atoms with van der Waals surface area (Å²) in [6, 6.07) is 7.92. The lowest BCUT2D eigenvalue weighted by Crippen LogP contribution is -2.53. The van der Waals surface area contributed by atoms with E-state index in [-0.39, 0.29) is 23.4 Å². The molecule has 4 nitrogen and oxygen atoms in total. The molecule has 3 unspecified atom stereocenters. The highest BCUT2D eigenvalue weighted by Crippen LogP contribution is 2.32. The SMILES string of the molecule is CCCOc1ccc(C(C)NC(=O)C2CCCCC2(C)N)cc1. The van der Waals surface area contributed by atoms with Crippen LogP contribution in [0.3, 0.4) is 0 Å². The molecule has 1 aromatic rings. The average Bonchev–Trinajstić information content (AvgIpc) is 2.52. The highest BCUT2D eigenvalue weighted by atomic mass is 16.5. The molecular formula is C19H30N2O2. The van der Waals surface area contributed by atoms with Crippen LogP contribution in [0.1, 0.15) is 64.5 Å². The molecule has 3 atom stereocenters. The third kappa shape index (κ3) is 4.71. The first-order chi connectivity index (χ1) is 10.9. The molecule has 128 valence electrons. The summed E-state index contributed by atoms with van der Waals surface area (Å²) in [5, 5.41) is 3.12. The van der Waals surface area contributed by atoms with Gasteiger partial charge in [0.25, 0.3) is 0 Å². The van der Waals surface area contributed by atoms with E-state index in [0.717, 1.165) is 50.0 Å². The second kappa shape index (κ2) is 7.82. The quantitative estimate of drug-likeness (QED) is 0.843. The molecule has 0 aliphatic heterocycles. The maximum atomic E-state index is 12.6. The molecule has 1 saturated carbocycles. The van der Waals surface area contributed by atoms with E-state index >= 15 is 0 Å². The lowest BCUT2D eigenvalue weighted by atomic mass is 9.74. The fourth-order valence-electron chi connectivity index (χ4n) is 3.26. The summed E-state index contributed by atoms with van der Waals surface area (Å²) < 4.78 is 5.59. The van der Waals surface area contributed by atoms with Gasteiger partial charge in [-0.15, -0.1) is 0 Å². The normalized spacial score (nSPS) is 25.7. The third-order valence-electron chi connectivity index (χ3n) is 4.78. The minimum absolute atomic E-state index is 0.0274. The Morgan fingerprint density at radius 1 is 1.39 bits per heavy atom. The van der Waals surface area contributed by atoms with Gasteiger partial charge in [0.2, 0.25) is 5.91 Å². The monoisotopic (exact) mass is 318 g/mol. The summed E-state index contributed by atoms with van der Waals surface area (Å²) in [6.45, 7) is 6.82. The molecule has 1 fully saturated rings. The average molecular weight is 318 g/mol. The molecule has 1 aromatic carbocycles. The number of hydrogen-bond acceptors (Lipinski definition) is 3. The number of hydrogen-bond donors (Lipinski definition) is 2. The fourth-order valence-corrected chi connectivity index (χ4v) is 3.26. The van der Waals surface area contributed by atoms with Crippen LogP contribution in [-0.2, 0) is 4.79 Å². The zero-order chi connectivity index (χ0) is 16.9. The van der Waals surface area contributed by atoms with E-state index in [9.17, 15) is 4.79 Å². The second-order valence-corrected chi connectivity index (χ2v) is 6.95. The minimum Gasteiger partial charge on any atom is -0.494 e. The van der Waals surface area contributed by atoms with Crippen molar-refractivity contribution in [2.75, 3.05) is 6.61 Å². The molecule has 0 heterocycles. The number of amides is 1. The van der Waals surface area contributed by atoms with E-state index in [1.165, 1.54) is 0 Å². The van der Waals surface area contributed by atoms with E-state index in [4.69, 9.17) is 10.5 Å². The topological polar surface area (TPSA) is 64.3 Å². The van der Waals surface area contributed by atoms with Gasteiger partial charge in [0.05, 0.1) is 18.6 Å². The van der Waals surface area contributed by atoms with Crippen LogP contribution in [-0.4, -0.2) is 18.1 Å². The van der Waals surface area contributed by atoms with Crippen molar-refractivity contribution in [3.63, 3.8) is 0 Å². The number of rotatable bonds is 6. The fraction of sp³-hybridized carbons (Fsp3) is 0.632. The largest absolute Gasteiger partial charge is 0.494 e. The van der Waals surface area contributed by atoms with E-state index in [0.29, 0.717) is 0 Å². The summed E-state index contributed by atoms with van der Waals surface area (Å²) in [4.78, 5) is 12.6. The van der Waals surface area contributed by atoms with Gasteiger partial charge in [0, 0.05) is 5.54 Å². The van der Waals surface area contributed by atoms with Crippen LogP contribution in [0.15, 0.2) is 24.3 Å². The molecule has 0 radical (unpaired) electrons. The van der Waals surface area contributed by atoms with Crippen molar-refractivity contribution in [2.45, 2.75) is 64.5 Å². The van der Waals surface area contributed by atoms with Crippen molar-refractivity contribution in [2.24, 2.45) is 11.7 Å². The van der Waals surface area contributed by atoms with Crippen molar-refractivity contribution >= 4 is 5.91 Å². The molecule has 2 rings (SSSR count). The first-order valence-corrected chi connectivity index (χ1v) is 8.76. The highest BCUT2D eigenvalue weighted by Gasteiger charge is 2.38. The van der Waals surface area contributed by atoms with Gasteiger partial charge < -0.3 is 15.8 Å². The van der Waals surface area contributed by atoms with Crippen LogP contribution in [0, 0.1) is 5.92 Å². The number of nitrogens with one attached hydrogen (secondary N) is 1. The van der Waals surface area contributed by atoms with Crippen LogP contribution < -0.4 is 15.8 Å². The summed E-state index contributed by atoms with van der Waals surface area (Å²) in [7, 11) is 0. The summed E-state index contributed by atoms with van der Waals surface area (Å²) in [5.74, 6) is 0.857. The van der Waals surface area contributed by atoms with Crippen molar-refractivity contribution in [1.29, 1.82) is 0 Å². The number of benzene rings is 1. The predicted octanol–water partition coefficient (Wildman–Crippen LogP) is 3.56. The maximum absolute atomic E-state index is 12.6. The zero-order valence-corrected chi connectivity index (χ0v) is 14.6. The minimum atomic E-state index is -0.389. The Kier molecular flexibility index (Phi) is 6.05. The Morgan fingerprint density at radius 3 is 2.70 bits per heavy atom. The van der Waals surface area contributed by atoms with Gasteiger partial charge in [-0.2, -0.15) is 0 Å². The van der Waals surface area contributed by atoms with Crippen LogP contribution in [0.4, 0.5) is 0 Å². The summed E-state index contributed by atoms with van der Waals surface area (Å²) in [5.41, 5.74) is 7.02. The molecular weight excluding hydrogens is 288 g/mol. The number of ether oxygens (including phenoxy) is 1. The second-order valence-electron chi connectivity index (χ2n) is 6.95. The van der Waals surface area contributed by atoms with Gasteiger partial charge in [-0.1, -0.05) is 31.9 Å².